The van der Waals surface area contributed by atoms with E-state index in [1.807, 2.05) is 0 Å². The molecule has 3 nitrogen and oxygen atoms in total. The summed E-state index contributed by atoms with van der Waals surface area (Å²) >= 11 is 3.09. The third kappa shape index (κ3) is 226. The first kappa shape index (κ1) is 15.7. The third-order valence-corrected chi connectivity index (χ3v) is 0.289. The molecule has 0 heterocycles. The summed E-state index contributed by atoms with van der Waals surface area (Å²) in [6.07, 6.45) is 1.10. The topological polar surface area (TPSA) is 84.8 Å². The minimum Gasteiger partial charge on any atom is -0.344 e. The van der Waals surface area contributed by atoms with Gasteiger partial charge in [-0.2, -0.15) is 5.26 Å². The number of rotatable bonds is 1. The Balaban J connectivity index is -0.0000000575. The summed E-state index contributed by atoms with van der Waals surface area (Å²) in [5.41, 5.74) is 5.03. The molecule has 4 heteroatoms. The van der Waals surface area contributed by atoms with Crippen LogP contribution in [0.15, 0.2) is 0 Å². The molecule has 0 aromatic rings. The molecule has 0 saturated heterocycles. The van der Waals surface area contributed by atoms with Crippen LogP contribution in [0, 0.1) is 10.7 Å². The molecular weight excluding hydrogens is 122 g/mol. The van der Waals surface area contributed by atoms with Crippen LogP contribution in [-0.2, 0) is 0 Å². The van der Waals surface area contributed by atoms with E-state index < -0.39 is 0 Å². The van der Waals surface area contributed by atoms with Gasteiger partial charge < -0.3 is 11.9 Å². The Morgan fingerprint density at radius 3 is 1.88 bits per heavy atom. The lowest BCUT2D eigenvalue weighted by atomic mass is 10.5. The highest BCUT2D eigenvalue weighted by Gasteiger charge is 1.55. The van der Waals surface area contributed by atoms with Crippen molar-refractivity contribution in [1.29, 1.82) is 5.26 Å². The first-order chi connectivity index (χ1) is 3.33. The third-order valence-electron chi connectivity index (χ3n) is 0.289. The van der Waals surface area contributed by atoms with Gasteiger partial charge in [0.05, 0.1) is 0 Å². The Morgan fingerprint density at radius 1 is 1.75 bits per heavy atom. The smallest absolute Gasteiger partial charge is 0.130 e. The molecule has 0 aromatic carbocycles. The molecule has 8 heavy (non-hydrogen) atoms. The zero-order valence-electron chi connectivity index (χ0n) is 5.09. The standard InChI is InChI=1S/C3H9N.CHNS.H3N/c1-2-3-4;2-1-3;/h2-4H2,1H3;3H;1H3. The molecule has 50 valence electrons. The van der Waals surface area contributed by atoms with Crippen molar-refractivity contribution in [3.05, 3.63) is 0 Å². The zero-order chi connectivity index (χ0) is 6.12. The maximum atomic E-state index is 7.18. The lowest BCUT2D eigenvalue weighted by Crippen LogP contribution is -1.93. The molecular formula is C4H13N3S. The lowest BCUT2D eigenvalue weighted by Gasteiger charge is -1.70. The zero-order valence-corrected chi connectivity index (χ0v) is 5.99. The van der Waals surface area contributed by atoms with E-state index in [9.17, 15) is 0 Å². The van der Waals surface area contributed by atoms with Crippen LogP contribution in [0.5, 0.6) is 0 Å². The lowest BCUT2D eigenvalue weighted by molar-refractivity contribution is 0.932. The van der Waals surface area contributed by atoms with Crippen LogP contribution < -0.4 is 11.9 Å². The minimum absolute atomic E-state index is 0. The number of hydrogen-bond acceptors (Lipinski definition) is 4. The van der Waals surface area contributed by atoms with Crippen LogP contribution in [-0.4, -0.2) is 6.54 Å². The van der Waals surface area contributed by atoms with Crippen LogP contribution in [0.2, 0.25) is 0 Å². The second-order valence-corrected chi connectivity index (χ2v) is 1.09. The molecule has 0 aliphatic heterocycles. The number of nitriles is 1. The van der Waals surface area contributed by atoms with Crippen molar-refractivity contribution in [1.82, 2.24) is 6.15 Å². The Labute approximate surface area is 55.9 Å². The summed E-state index contributed by atoms with van der Waals surface area (Å²) in [7, 11) is 0. The maximum absolute atomic E-state index is 7.18. The van der Waals surface area contributed by atoms with Gasteiger partial charge in [-0.15, -0.1) is 0 Å². The van der Waals surface area contributed by atoms with Crippen molar-refractivity contribution in [2.75, 3.05) is 6.54 Å². The first-order valence-corrected chi connectivity index (χ1v) is 2.51. The van der Waals surface area contributed by atoms with Crippen LogP contribution in [0.1, 0.15) is 13.3 Å². The van der Waals surface area contributed by atoms with E-state index in [0.29, 0.717) is 0 Å². The average molecular weight is 135 g/mol. The Kier molecular flexibility index (Phi) is 57.6. The fourth-order valence-electron chi connectivity index (χ4n) is 0. The van der Waals surface area contributed by atoms with E-state index in [1.165, 1.54) is 5.40 Å². The summed E-state index contributed by atoms with van der Waals surface area (Å²) in [6.45, 7) is 2.88. The maximum Gasteiger partial charge on any atom is 0.130 e. The number of thiol groups is 1. The van der Waals surface area contributed by atoms with Crippen molar-refractivity contribution in [2.24, 2.45) is 5.73 Å². The van der Waals surface area contributed by atoms with Gasteiger partial charge in [0, 0.05) is 0 Å². The van der Waals surface area contributed by atoms with E-state index in [0.717, 1.165) is 13.0 Å². The van der Waals surface area contributed by atoms with E-state index in [1.54, 1.807) is 0 Å². The van der Waals surface area contributed by atoms with Crippen LogP contribution in [0.3, 0.4) is 0 Å². The van der Waals surface area contributed by atoms with Crippen molar-refractivity contribution in [3.63, 3.8) is 0 Å². The van der Waals surface area contributed by atoms with Crippen molar-refractivity contribution in [3.8, 4) is 5.40 Å². The van der Waals surface area contributed by atoms with Gasteiger partial charge in [0.25, 0.3) is 0 Å². The van der Waals surface area contributed by atoms with Crippen LogP contribution in [0.4, 0.5) is 0 Å². The molecule has 0 aliphatic carbocycles. The SMILES string of the molecule is CCCN.N.N#CS. The van der Waals surface area contributed by atoms with Crippen molar-refractivity contribution in [2.45, 2.75) is 13.3 Å². The fraction of sp³-hybridized carbons (Fsp3) is 0.750. The van der Waals surface area contributed by atoms with Gasteiger partial charge in [-0.1, -0.05) is 19.6 Å². The largest absolute Gasteiger partial charge is 0.344 e. The molecule has 0 saturated carbocycles. The first-order valence-electron chi connectivity index (χ1n) is 2.06. The average Bonchev–Trinajstić information content (AvgIpc) is 1.69. The van der Waals surface area contributed by atoms with Crippen molar-refractivity contribution >= 4 is 12.6 Å². The molecule has 0 aromatic heterocycles. The number of thiocyanates is 1. The second-order valence-electron chi connectivity index (χ2n) is 0.889. The van der Waals surface area contributed by atoms with Gasteiger partial charge in [0.2, 0.25) is 0 Å². The predicted octanol–water partition coefficient (Wildman–Crippen LogP) is 0.914. The molecule has 0 spiro atoms. The molecule has 5 N–H and O–H groups in total. The van der Waals surface area contributed by atoms with Gasteiger partial charge in [-0.3, -0.25) is 0 Å². The summed E-state index contributed by atoms with van der Waals surface area (Å²) in [5.74, 6) is 0. The van der Waals surface area contributed by atoms with Gasteiger partial charge in [0.15, 0.2) is 0 Å². The number of hydrogen-bond donors (Lipinski definition) is 3. The van der Waals surface area contributed by atoms with Crippen molar-refractivity contribution < 1.29 is 0 Å². The normalized spacial score (nSPS) is 4.75. The van der Waals surface area contributed by atoms with E-state index in [2.05, 4.69) is 19.6 Å². The molecule has 0 rings (SSSR count). The Bertz CT molecular complexity index is 47.7. The van der Waals surface area contributed by atoms with Crippen LogP contribution >= 0.6 is 12.6 Å². The second kappa shape index (κ2) is 29.4. The number of nitrogens with zero attached hydrogens (tertiary/aromatic N) is 1. The number of nitrogens with two attached hydrogens (primary N) is 1. The van der Waals surface area contributed by atoms with Gasteiger partial charge >= 0.3 is 0 Å². The summed E-state index contributed by atoms with van der Waals surface area (Å²) in [6, 6.07) is 0. The molecule has 0 radical (unpaired) electrons. The minimum atomic E-state index is 0. The summed E-state index contributed by atoms with van der Waals surface area (Å²) < 4.78 is 0. The summed E-state index contributed by atoms with van der Waals surface area (Å²) in [4.78, 5) is 0. The van der Waals surface area contributed by atoms with E-state index in [-0.39, 0.29) is 6.15 Å². The monoisotopic (exact) mass is 135 g/mol. The molecule has 0 aliphatic rings. The van der Waals surface area contributed by atoms with E-state index >= 15 is 0 Å². The molecule has 0 bridgehead atoms. The molecule has 0 unspecified atom stereocenters. The quantitative estimate of drug-likeness (QED) is 0.369. The Hall–Kier alpha value is -0.240. The van der Waals surface area contributed by atoms with E-state index in [4.69, 9.17) is 11.0 Å². The highest BCUT2D eigenvalue weighted by atomic mass is 32.1. The molecule has 0 atom stereocenters. The van der Waals surface area contributed by atoms with Crippen LogP contribution in [0.25, 0.3) is 0 Å². The van der Waals surface area contributed by atoms with Gasteiger partial charge in [-0.25, -0.2) is 0 Å². The summed E-state index contributed by atoms with van der Waals surface area (Å²) in [5, 5.41) is 8.63. The van der Waals surface area contributed by atoms with Gasteiger partial charge in [0.1, 0.15) is 5.40 Å². The van der Waals surface area contributed by atoms with Gasteiger partial charge in [-0.05, 0) is 13.0 Å². The molecule has 0 amide bonds. The highest BCUT2D eigenvalue weighted by molar-refractivity contribution is 7.85. The fourth-order valence-corrected chi connectivity index (χ4v) is 0. The molecule has 0 fully saturated rings. The predicted molar refractivity (Wildman–Crippen MR) is 39.0 cm³/mol. The highest BCUT2D eigenvalue weighted by Crippen LogP contribution is 1.57. The Morgan fingerprint density at radius 2 is 1.88 bits per heavy atom.